The molecular formula is C18H25NO2. The zero-order valence-corrected chi connectivity index (χ0v) is 13.0. The Hall–Kier alpha value is -1.58. The van der Waals surface area contributed by atoms with Crippen LogP contribution in [0.5, 0.6) is 5.75 Å². The van der Waals surface area contributed by atoms with Gasteiger partial charge in [0.05, 0.1) is 6.61 Å². The lowest BCUT2D eigenvalue weighted by Crippen LogP contribution is -2.22. The van der Waals surface area contributed by atoms with Crippen LogP contribution in [-0.4, -0.2) is 25.9 Å². The molecule has 0 fully saturated rings. The first-order chi connectivity index (χ1) is 10.3. The summed E-state index contributed by atoms with van der Waals surface area (Å²) in [7, 11) is 0. The lowest BCUT2D eigenvalue weighted by molar-refractivity contribution is 0.110. The predicted octanol–water partition coefficient (Wildman–Crippen LogP) is 3.53. The van der Waals surface area contributed by atoms with Crippen molar-refractivity contribution in [3.63, 3.8) is 0 Å². The van der Waals surface area contributed by atoms with E-state index >= 15 is 0 Å². The molecule has 3 nitrogen and oxygen atoms in total. The van der Waals surface area contributed by atoms with E-state index in [1.807, 2.05) is 13.0 Å². The highest BCUT2D eigenvalue weighted by atomic mass is 16.5. The van der Waals surface area contributed by atoms with Gasteiger partial charge in [-0.2, -0.15) is 0 Å². The third kappa shape index (κ3) is 4.19. The average molecular weight is 287 g/mol. The third-order valence-electron chi connectivity index (χ3n) is 3.68. The molecule has 2 aromatic carbocycles. The van der Waals surface area contributed by atoms with Crippen molar-refractivity contribution >= 4 is 10.8 Å². The molecule has 0 radical (unpaired) electrons. The molecule has 2 rings (SSSR count). The number of hydrogen-bond acceptors (Lipinski definition) is 3. The summed E-state index contributed by atoms with van der Waals surface area (Å²) in [6.45, 7) is 6.00. The maximum absolute atomic E-state index is 6.16. The van der Waals surface area contributed by atoms with Crippen LogP contribution in [0.4, 0.5) is 0 Å². The van der Waals surface area contributed by atoms with Crippen LogP contribution in [-0.2, 0) is 11.2 Å². The Morgan fingerprint density at radius 1 is 1.05 bits per heavy atom. The van der Waals surface area contributed by atoms with Gasteiger partial charge >= 0.3 is 0 Å². The standard InChI is InChI=1S/C18H25NO2/c1-3-15(19)13-17-16-8-6-5-7-14(16)9-10-18(17)21-12-11-20-4-2/h5-10,15H,3-4,11-13,19H2,1-2H3. The molecule has 0 amide bonds. The molecule has 0 aliphatic carbocycles. The van der Waals surface area contributed by atoms with Crippen molar-refractivity contribution < 1.29 is 9.47 Å². The zero-order valence-electron chi connectivity index (χ0n) is 13.0. The number of rotatable bonds is 8. The Balaban J connectivity index is 2.27. The van der Waals surface area contributed by atoms with E-state index in [1.165, 1.54) is 16.3 Å². The summed E-state index contributed by atoms with van der Waals surface area (Å²) in [5.74, 6) is 0.928. The summed E-state index contributed by atoms with van der Waals surface area (Å²) in [4.78, 5) is 0. The monoisotopic (exact) mass is 287 g/mol. The van der Waals surface area contributed by atoms with E-state index in [2.05, 4.69) is 37.3 Å². The van der Waals surface area contributed by atoms with Gasteiger partial charge in [-0.15, -0.1) is 0 Å². The van der Waals surface area contributed by atoms with Crippen LogP contribution in [0.1, 0.15) is 25.8 Å². The summed E-state index contributed by atoms with van der Waals surface area (Å²) in [6, 6.07) is 12.7. The van der Waals surface area contributed by atoms with Crippen molar-refractivity contribution in [2.24, 2.45) is 5.73 Å². The first-order valence-corrected chi connectivity index (χ1v) is 7.73. The molecule has 1 unspecified atom stereocenters. The molecular weight excluding hydrogens is 262 g/mol. The predicted molar refractivity (Wildman–Crippen MR) is 87.9 cm³/mol. The molecule has 0 aliphatic rings. The molecule has 0 aromatic heterocycles. The van der Waals surface area contributed by atoms with Gasteiger partial charge in [0.15, 0.2) is 0 Å². The minimum atomic E-state index is 0.157. The van der Waals surface area contributed by atoms with Gasteiger partial charge in [-0.25, -0.2) is 0 Å². The van der Waals surface area contributed by atoms with Crippen molar-refractivity contribution in [2.75, 3.05) is 19.8 Å². The second kappa shape index (κ2) is 8.01. The van der Waals surface area contributed by atoms with E-state index in [0.717, 1.165) is 18.6 Å². The highest BCUT2D eigenvalue weighted by Gasteiger charge is 2.12. The van der Waals surface area contributed by atoms with Crippen molar-refractivity contribution in [1.82, 2.24) is 0 Å². The topological polar surface area (TPSA) is 44.5 Å². The van der Waals surface area contributed by atoms with E-state index in [4.69, 9.17) is 15.2 Å². The summed E-state index contributed by atoms with van der Waals surface area (Å²) >= 11 is 0. The first kappa shape index (κ1) is 15.8. The SMILES string of the molecule is CCOCCOc1ccc2ccccc2c1CC(N)CC. The van der Waals surface area contributed by atoms with Crippen molar-refractivity contribution in [1.29, 1.82) is 0 Å². The Morgan fingerprint density at radius 3 is 2.62 bits per heavy atom. The Morgan fingerprint density at radius 2 is 1.86 bits per heavy atom. The normalized spacial score (nSPS) is 12.5. The van der Waals surface area contributed by atoms with Crippen LogP contribution in [0.25, 0.3) is 10.8 Å². The highest BCUT2D eigenvalue weighted by Crippen LogP contribution is 2.29. The maximum atomic E-state index is 6.16. The molecule has 2 N–H and O–H groups in total. The van der Waals surface area contributed by atoms with E-state index in [9.17, 15) is 0 Å². The fourth-order valence-electron chi connectivity index (χ4n) is 2.42. The first-order valence-electron chi connectivity index (χ1n) is 7.73. The van der Waals surface area contributed by atoms with Crippen LogP contribution in [0.15, 0.2) is 36.4 Å². The van der Waals surface area contributed by atoms with E-state index in [1.54, 1.807) is 0 Å². The smallest absolute Gasteiger partial charge is 0.123 e. The number of nitrogens with two attached hydrogens (primary N) is 1. The van der Waals surface area contributed by atoms with Crippen LogP contribution >= 0.6 is 0 Å². The molecule has 3 heteroatoms. The molecule has 114 valence electrons. The Kier molecular flexibility index (Phi) is 6.03. The van der Waals surface area contributed by atoms with Crippen molar-refractivity contribution in [3.05, 3.63) is 42.0 Å². The molecule has 2 aromatic rings. The van der Waals surface area contributed by atoms with Gasteiger partial charge in [0, 0.05) is 18.2 Å². The highest BCUT2D eigenvalue weighted by molar-refractivity contribution is 5.87. The van der Waals surface area contributed by atoms with Crippen LogP contribution in [0.2, 0.25) is 0 Å². The van der Waals surface area contributed by atoms with E-state index < -0.39 is 0 Å². The second-order valence-electron chi connectivity index (χ2n) is 5.18. The Bertz CT molecular complexity index is 568. The van der Waals surface area contributed by atoms with Crippen LogP contribution < -0.4 is 10.5 Å². The van der Waals surface area contributed by atoms with Crippen molar-refractivity contribution in [3.8, 4) is 5.75 Å². The molecule has 1 atom stereocenters. The fraction of sp³-hybridized carbons (Fsp3) is 0.444. The lowest BCUT2D eigenvalue weighted by atomic mass is 9.97. The summed E-state index contributed by atoms with van der Waals surface area (Å²) in [5.41, 5.74) is 7.37. The lowest BCUT2D eigenvalue weighted by Gasteiger charge is -2.17. The van der Waals surface area contributed by atoms with Gasteiger partial charge in [0.25, 0.3) is 0 Å². The van der Waals surface area contributed by atoms with E-state index in [0.29, 0.717) is 19.8 Å². The molecule has 0 saturated carbocycles. The Labute approximate surface area is 127 Å². The number of benzene rings is 2. The fourth-order valence-corrected chi connectivity index (χ4v) is 2.42. The van der Waals surface area contributed by atoms with E-state index in [-0.39, 0.29) is 6.04 Å². The van der Waals surface area contributed by atoms with Gasteiger partial charge in [-0.3, -0.25) is 0 Å². The van der Waals surface area contributed by atoms with Gasteiger partial charge in [-0.05, 0) is 36.6 Å². The summed E-state index contributed by atoms with van der Waals surface area (Å²) in [5, 5.41) is 2.46. The van der Waals surface area contributed by atoms with Crippen LogP contribution in [0, 0.1) is 0 Å². The van der Waals surface area contributed by atoms with Gasteiger partial charge in [-0.1, -0.05) is 37.3 Å². The molecule has 0 bridgehead atoms. The van der Waals surface area contributed by atoms with Gasteiger partial charge < -0.3 is 15.2 Å². The van der Waals surface area contributed by atoms with Crippen molar-refractivity contribution in [2.45, 2.75) is 32.7 Å². The largest absolute Gasteiger partial charge is 0.491 e. The minimum absolute atomic E-state index is 0.157. The molecule has 0 heterocycles. The third-order valence-corrected chi connectivity index (χ3v) is 3.68. The molecule has 0 spiro atoms. The molecule has 0 aliphatic heterocycles. The quantitative estimate of drug-likeness (QED) is 0.755. The zero-order chi connectivity index (χ0) is 15.1. The number of hydrogen-bond donors (Lipinski definition) is 1. The average Bonchev–Trinajstić information content (AvgIpc) is 2.53. The number of ether oxygens (including phenoxy) is 2. The molecule has 21 heavy (non-hydrogen) atoms. The summed E-state index contributed by atoms with van der Waals surface area (Å²) in [6.07, 6.45) is 1.80. The van der Waals surface area contributed by atoms with Crippen LogP contribution in [0.3, 0.4) is 0 Å². The molecule has 0 saturated heterocycles. The number of fused-ring (bicyclic) bond motifs is 1. The van der Waals surface area contributed by atoms with Gasteiger partial charge in [0.1, 0.15) is 12.4 Å². The second-order valence-corrected chi connectivity index (χ2v) is 5.18. The maximum Gasteiger partial charge on any atom is 0.123 e. The minimum Gasteiger partial charge on any atom is -0.491 e. The van der Waals surface area contributed by atoms with Gasteiger partial charge in [0.2, 0.25) is 0 Å². The summed E-state index contributed by atoms with van der Waals surface area (Å²) < 4.78 is 11.2.